The van der Waals surface area contributed by atoms with Gasteiger partial charge in [-0.25, -0.2) is 19.4 Å². The topological polar surface area (TPSA) is 69.9 Å². The first kappa shape index (κ1) is 16.8. The molecule has 128 valence electrons. The van der Waals surface area contributed by atoms with Crippen LogP contribution in [0.5, 0.6) is 0 Å². The second-order valence-electron chi connectivity index (χ2n) is 6.04. The molecule has 0 unspecified atom stereocenters. The third-order valence-corrected chi connectivity index (χ3v) is 3.78. The van der Waals surface area contributed by atoms with Gasteiger partial charge in [-0.15, -0.1) is 0 Å². The third-order valence-electron chi connectivity index (χ3n) is 3.78. The highest BCUT2D eigenvalue weighted by Gasteiger charge is 2.22. The molecule has 0 saturated heterocycles. The number of aromatic nitrogens is 4. The summed E-state index contributed by atoms with van der Waals surface area (Å²) < 4.78 is 7.06. The molecule has 0 radical (unpaired) electrons. The van der Waals surface area contributed by atoms with Gasteiger partial charge in [0.2, 0.25) is 0 Å². The fraction of sp³-hybridized carbons (Fsp3) is 0.263. The van der Waals surface area contributed by atoms with Crippen LogP contribution in [-0.2, 0) is 11.3 Å². The molecule has 0 spiro atoms. The zero-order valence-electron chi connectivity index (χ0n) is 14.5. The normalized spacial score (nSPS) is 10.9. The number of ether oxygens (including phenoxy) is 1. The van der Waals surface area contributed by atoms with Crippen LogP contribution in [0.1, 0.15) is 47.1 Å². The van der Waals surface area contributed by atoms with Crippen LogP contribution in [0.4, 0.5) is 0 Å². The van der Waals surface area contributed by atoms with Gasteiger partial charge in [-0.1, -0.05) is 44.2 Å². The first-order valence-electron chi connectivity index (χ1n) is 8.16. The van der Waals surface area contributed by atoms with E-state index in [1.54, 1.807) is 30.1 Å². The van der Waals surface area contributed by atoms with Crippen LogP contribution in [0.3, 0.4) is 0 Å². The van der Waals surface area contributed by atoms with Crippen molar-refractivity contribution in [2.24, 2.45) is 0 Å². The van der Waals surface area contributed by atoms with Crippen molar-refractivity contribution in [2.75, 3.05) is 0 Å². The summed E-state index contributed by atoms with van der Waals surface area (Å²) in [5.74, 6) is 0.0955. The van der Waals surface area contributed by atoms with Gasteiger partial charge in [-0.3, -0.25) is 0 Å². The maximum atomic E-state index is 12.6. The van der Waals surface area contributed by atoms with Crippen LogP contribution < -0.4 is 0 Å². The Morgan fingerprint density at radius 2 is 1.92 bits per heavy atom. The van der Waals surface area contributed by atoms with E-state index >= 15 is 0 Å². The SMILES string of the molecule is Cc1nc(-n2cccn2)nc(C(C)C)c1C(=O)OCc1ccccc1. The lowest BCUT2D eigenvalue weighted by Gasteiger charge is -2.15. The van der Waals surface area contributed by atoms with E-state index in [1.165, 1.54) is 0 Å². The van der Waals surface area contributed by atoms with Crippen LogP contribution in [0, 0.1) is 6.92 Å². The Bertz CT molecular complexity index is 859. The Morgan fingerprint density at radius 1 is 1.16 bits per heavy atom. The zero-order chi connectivity index (χ0) is 17.8. The number of hydrogen-bond acceptors (Lipinski definition) is 5. The number of hydrogen-bond donors (Lipinski definition) is 0. The molecule has 3 rings (SSSR count). The van der Waals surface area contributed by atoms with E-state index in [4.69, 9.17) is 4.74 Å². The summed E-state index contributed by atoms with van der Waals surface area (Å²) in [6.45, 7) is 5.99. The minimum atomic E-state index is -0.405. The lowest BCUT2D eigenvalue weighted by Crippen LogP contribution is -2.17. The monoisotopic (exact) mass is 336 g/mol. The van der Waals surface area contributed by atoms with E-state index in [0.717, 1.165) is 5.56 Å². The highest BCUT2D eigenvalue weighted by atomic mass is 16.5. The van der Waals surface area contributed by atoms with Crippen molar-refractivity contribution >= 4 is 5.97 Å². The van der Waals surface area contributed by atoms with Gasteiger partial charge in [0.1, 0.15) is 12.2 Å². The van der Waals surface area contributed by atoms with E-state index in [2.05, 4.69) is 15.1 Å². The van der Waals surface area contributed by atoms with Gasteiger partial charge in [-0.2, -0.15) is 5.10 Å². The number of benzene rings is 1. The van der Waals surface area contributed by atoms with E-state index in [1.807, 2.05) is 44.2 Å². The van der Waals surface area contributed by atoms with Crippen LogP contribution >= 0.6 is 0 Å². The highest BCUT2D eigenvalue weighted by molar-refractivity contribution is 5.92. The highest BCUT2D eigenvalue weighted by Crippen LogP contribution is 2.22. The van der Waals surface area contributed by atoms with Crippen LogP contribution in [0.2, 0.25) is 0 Å². The van der Waals surface area contributed by atoms with E-state index in [-0.39, 0.29) is 12.5 Å². The van der Waals surface area contributed by atoms with Gasteiger partial charge in [-0.05, 0) is 24.5 Å². The molecule has 1 aromatic carbocycles. The average Bonchev–Trinajstić information content (AvgIpc) is 3.14. The van der Waals surface area contributed by atoms with Crippen molar-refractivity contribution in [3.8, 4) is 5.95 Å². The Kier molecular flexibility index (Phi) is 4.88. The smallest absolute Gasteiger partial charge is 0.342 e. The summed E-state index contributed by atoms with van der Waals surface area (Å²) in [7, 11) is 0. The summed E-state index contributed by atoms with van der Waals surface area (Å²) in [4.78, 5) is 21.6. The van der Waals surface area contributed by atoms with Crippen LogP contribution in [0.15, 0.2) is 48.8 Å². The maximum absolute atomic E-state index is 12.6. The molecule has 0 saturated carbocycles. The maximum Gasteiger partial charge on any atom is 0.342 e. The van der Waals surface area contributed by atoms with Gasteiger partial charge in [0, 0.05) is 12.4 Å². The van der Waals surface area contributed by atoms with Crippen molar-refractivity contribution in [1.82, 2.24) is 19.7 Å². The first-order valence-corrected chi connectivity index (χ1v) is 8.16. The van der Waals surface area contributed by atoms with E-state index < -0.39 is 5.97 Å². The lowest BCUT2D eigenvalue weighted by atomic mass is 10.0. The molecule has 0 atom stereocenters. The van der Waals surface area contributed by atoms with Gasteiger partial charge >= 0.3 is 5.97 Å². The summed E-state index contributed by atoms with van der Waals surface area (Å²) >= 11 is 0. The predicted octanol–water partition coefficient (Wildman–Crippen LogP) is 3.45. The Balaban J connectivity index is 1.90. The Hall–Kier alpha value is -3.02. The number of esters is 1. The standard InChI is InChI=1S/C19H20N4O2/c1-13(2)17-16(18(24)25-12-15-8-5-4-6-9-15)14(3)21-19(22-17)23-11-7-10-20-23/h4-11,13H,12H2,1-3H3. The molecule has 6 heteroatoms. The van der Waals surface area contributed by atoms with Gasteiger partial charge in [0.25, 0.3) is 5.95 Å². The molecule has 0 amide bonds. The van der Waals surface area contributed by atoms with Gasteiger partial charge in [0.05, 0.1) is 11.4 Å². The fourth-order valence-corrected chi connectivity index (χ4v) is 2.53. The van der Waals surface area contributed by atoms with Gasteiger partial charge < -0.3 is 4.74 Å². The second-order valence-corrected chi connectivity index (χ2v) is 6.04. The summed E-state index contributed by atoms with van der Waals surface area (Å²) in [6.07, 6.45) is 3.43. The van der Waals surface area contributed by atoms with E-state index in [0.29, 0.717) is 22.9 Å². The predicted molar refractivity (Wildman–Crippen MR) is 93.5 cm³/mol. The Labute approximate surface area is 146 Å². The van der Waals surface area contributed by atoms with Crippen molar-refractivity contribution < 1.29 is 9.53 Å². The van der Waals surface area contributed by atoms with Crippen molar-refractivity contribution in [1.29, 1.82) is 0 Å². The Morgan fingerprint density at radius 3 is 2.56 bits per heavy atom. The van der Waals surface area contributed by atoms with Crippen molar-refractivity contribution in [3.05, 3.63) is 71.3 Å². The van der Waals surface area contributed by atoms with Crippen molar-refractivity contribution in [3.63, 3.8) is 0 Å². The minimum absolute atomic E-state index is 0.0512. The molecule has 0 aliphatic rings. The molecule has 2 aromatic heterocycles. The fourth-order valence-electron chi connectivity index (χ4n) is 2.53. The van der Waals surface area contributed by atoms with E-state index in [9.17, 15) is 4.79 Å². The largest absolute Gasteiger partial charge is 0.457 e. The quantitative estimate of drug-likeness (QED) is 0.667. The molecule has 0 aliphatic heterocycles. The molecule has 3 aromatic rings. The molecule has 0 N–H and O–H groups in total. The zero-order valence-corrected chi connectivity index (χ0v) is 14.5. The van der Waals surface area contributed by atoms with Crippen molar-refractivity contribution in [2.45, 2.75) is 33.3 Å². The van der Waals surface area contributed by atoms with Gasteiger partial charge in [0.15, 0.2) is 0 Å². The minimum Gasteiger partial charge on any atom is -0.457 e. The second kappa shape index (κ2) is 7.25. The lowest BCUT2D eigenvalue weighted by molar-refractivity contribution is 0.0468. The molecule has 6 nitrogen and oxygen atoms in total. The first-order chi connectivity index (χ1) is 12.1. The number of nitrogens with zero attached hydrogens (tertiary/aromatic N) is 4. The molecular weight excluding hydrogens is 316 g/mol. The molecular formula is C19H20N4O2. The number of carbonyl (C=O) groups excluding carboxylic acids is 1. The number of aryl methyl sites for hydroxylation is 1. The van der Waals surface area contributed by atoms with Crippen LogP contribution in [-0.4, -0.2) is 25.7 Å². The number of carbonyl (C=O) groups is 1. The average molecular weight is 336 g/mol. The molecule has 0 fully saturated rings. The molecule has 25 heavy (non-hydrogen) atoms. The molecule has 2 heterocycles. The van der Waals surface area contributed by atoms with Crippen LogP contribution in [0.25, 0.3) is 5.95 Å². The summed E-state index contributed by atoms with van der Waals surface area (Å²) in [5, 5.41) is 4.15. The third kappa shape index (κ3) is 3.74. The summed E-state index contributed by atoms with van der Waals surface area (Å²) in [6, 6.07) is 11.4. The summed E-state index contributed by atoms with van der Waals surface area (Å²) in [5.41, 5.74) is 2.62. The molecule has 0 aliphatic carbocycles. The number of rotatable bonds is 5. The molecule has 0 bridgehead atoms.